The van der Waals surface area contributed by atoms with Crippen LogP contribution < -0.4 is 9.62 Å². The Hall–Kier alpha value is -0.630. The third-order valence-corrected chi connectivity index (χ3v) is 4.71. The Morgan fingerprint density at radius 3 is 2.56 bits per heavy atom. The number of aliphatic hydroxyl groups excluding tert-OH is 1. The van der Waals surface area contributed by atoms with Gasteiger partial charge in [-0.15, -0.1) is 0 Å². The van der Waals surface area contributed by atoms with E-state index >= 15 is 0 Å². The van der Waals surface area contributed by atoms with Crippen LogP contribution in [-0.2, 0) is 10.0 Å². The van der Waals surface area contributed by atoms with E-state index in [1.807, 2.05) is 25.1 Å². The van der Waals surface area contributed by atoms with Gasteiger partial charge in [-0.2, -0.15) is 0 Å². The van der Waals surface area contributed by atoms with Gasteiger partial charge in [-0.1, -0.05) is 0 Å². The average Bonchev–Trinajstić information content (AvgIpc) is 2.26. The van der Waals surface area contributed by atoms with Crippen LogP contribution >= 0.6 is 15.9 Å². The summed E-state index contributed by atoms with van der Waals surface area (Å²) in [5.41, 5.74) is 0.788. The molecule has 0 aromatic heterocycles. The van der Waals surface area contributed by atoms with Crippen LogP contribution in [0.3, 0.4) is 0 Å². The summed E-state index contributed by atoms with van der Waals surface area (Å²) in [6, 6.07) is 5.08. The number of benzene rings is 1. The molecule has 0 fully saturated rings. The van der Waals surface area contributed by atoms with E-state index in [0.717, 1.165) is 5.69 Å². The summed E-state index contributed by atoms with van der Waals surface area (Å²) < 4.78 is 27.0. The van der Waals surface area contributed by atoms with Gasteiger partial charge in [0, 0.05) is 30.8 Å². The van der Waals surface area contributed by atoms with Gasteiger partial charge in [0.2, 0.25) is 10.0 Å². The van der Waals surface area contributed by atoms with Crippen molar-refractivity contribution in [3.05, 3.63) is 22.7 Å². The van der Waals surface area contributed by atoms with Crippen molar-refractivity contribution >= 4 is 31.6 Å². The molecule has 0 bridgehead atoms. The number of hydrogen-bond acceptors (Lipinski definition) is 4. The van der Waals surface area contributed by atoms with Crippen LogP contribution in [0.1, 0.15) is 6.92 Å². The first-order valence-electron chi connectivity index (χ1n) is 5.38. The molecule has 0 spiro atoms. The Labute approximate surface area is 116 Å². The van der Waals surface area contributed by atoms with Gasteiger partial charge >= 0.3 is 0 Å². The van der Waals surface area contributed by atoms with Gasteiger partial charge in [-0.05, 0) is 41.1 Å². The quantitative estimate of drug-likeness (QED) is 0.846. The summed E-state index contributed by atoms with van der Waals surface area (Å²) in [6.07, 6.45) is -0.726. The minimum Gasteiger partial charge on any atom is -0.392 e. The number of anilines is 1. The summed E-state index contributed by atoms with van der Waals surface area (Å²) in [5, 5.41) is 9.13. The maximum atomic E-state index is 12.1. The topological polar surface area (TPSA) is 69.6 Å². The lowest BCUT2D eigenvalue weighted by molar-refractivity contribution is 0.198. The molecular weight excluding hydrogens is 320 g/mol. The average molecular weight is 337 g/mol. The van der Waals surface area contributed by atoms with Crippen molar-refractivity contribution in [2.24, 2.45) is 0 Å². The predicted molar refractivity (Wildman–Crippen MR) is 75.3 cm³/mol. The number of sulfonamides is 1. The van der Waals surface area contributed by atoms with Gasteiger partial charge in [-0.3, -0.25) is 0 Å². The minimum absolute atomic E-state index is 0.0129. The second kappa shape index (κ2) is 6.01. The lowest BCUT2D eigenvalue weighted by Gasteiger charge is -2.15. The fraction of sp³-hybridized carbons (Fsp3) is 0.455. The summed E-state index contributed by atoms with van der Waals surface area (Å²) >= 11 is 3.22. The molecule has 102 valence electrons. The van der Waals surface area contributed by atoms with Gasteiger partial charge in [0.25, 0.3) is 0 Å². The molecule has 0 saturated heterocycles. The molecule has 0 aliphatic heterocycles. The van der Waals surface area contributed by atoms with Crippen LogP contribution in [-0.4, -0.2) is 40.3 Å². The monoisotopic (exact) mass is 336 g/mol. The maximum absolute atomic E-state index is 12.1. The first-order valence-corrected chi connectivity index (χ1v) is 7.66. The zero-order valence-corrected chi connectivity index (χ0v) is 12.9. The molecule has 1 aromatic carbocycles. The van der Waals surface area contributed by atoms with Crippen molar-refractivity contribution in [2.75, 3.05) is 25.5 Å². The Morgan fingerprint density at radius 2 is 2.06 bits per heavy atom. The van der Waals surface area contributed by atoms with E-state index in [2.05, 4.69) is 20.7 Å². The summed E-state index contributed by atoms with van der Waals surface area (Å²) in [5.74, 6) is 0. The van der Waals surface area contributed by atoms with Crippen LogP contribution in [0.2, 0.25) is 0 Å². The third kappa shape index (κ3) is 3.94. The standard InChI is InChI=1S/C11H17BrN2O3S/c1-8(15)7-13-18(16,17)11-6-9(14(2)3)4-5-10(11)12/h4-6,8,13,15H,7H2,1-3H3. The summed E-state index contributed by atoms with van der Waals surface area (Å²) in [4.78, 5) is 1.98. The molecule has 0 aliphatic rings. The van der Waals surface area contributed by atoms with Crippen LogP contribution in [0.15, 0.2) is 27.6 Å². The third-order valence-electron chi connectivity index (χ3n) is 2.29. The number of rotatable bonds is 5. The van der Waals surface area contributed by atoms with E-state index in [-0.39, 0.29) is 11.4 Å². The van der Waals surface area contributed by atoms with Crippen LogP contribution in [0.4, 0.5) is 5.69 Å². The normalized spacial score (nSPS) is 13.4. The van der Waals surface area contributed by atoms with Gasteiger partial charge in [0.1, 0.15) is 0 Å². The van der Waals surface area contributed by atoms with Gasteiger partial charge in [-0.25, -0.2) is 13.1 Å². The molecule has 0 saturated carbocycles. The minimum atomic E-state index is -3.63. The molecule has 18 heavy (non-hydrogen) atoms. The second-order valence-corrected chi connectivity index (χ2v) is 6.80. The van der Waals surface area contributed by atoms with E-state index in [0.29, 0.717) is 4.47 Å². The van der Waals surface area contributed by atoms with E-state index in [9.17, 15) is 8.42 Å². The summed E-state index contributed by atoms with van der Waals surface area (Å²) in [7, 11) is 0.0468. The highest BCUT2D eigenvalue weighted by Crippen LogP contribution is 2.26. The molecule has 2 N–H and O–H groups in total. The molecule has 7 heteroatoms. The van der Waals surface area contributed by atoms with E-state index < -0.39 is 16.1 Å². The molecular formula is C11H17BrN2O3S. The number of nitrogens with one attached hydrogen (secondary N) is 1. The molecule has 0 amide bonds. The molecule has 1 atom stereocenters. The highest BCUT2D eigenvalue weighted by atomic mass is 79.9. The molecule has 1 unspecified atom stereocenters. The lowest BCUT2D eigenvalue weighted by atomic mass is 10.3. The SMILES string of the molecule is CC(O)CNS(=O)(=O)c1cc(N(C)C)ccc1Br. The Balaban J connectivity index is 3.11. The van der Waals surface area contributed by atoms with E-state index in [4.69, 9.17) is 5.11 Å². The lowest BCUT2D eigenvalue weighted by Crippen LogP contribution is -2.31. The van der Waals surface area contributed by atoms with Crippen molar-refractivity contribution < 1.29 is 13.5 Å². The van der Waals surface area contributed by atoms with Gasteiger partial charge < -0.3 is 10.0 Å². The molecule has 0 radical (unpaired) electrons. The molecule has 0 aliphatic carbocycles. The number of hydrogen-bond donors (Lipinski definition) is 2. The zero-order valence-electron chi connectivity index (χ0n) is 10.5. The van der Waals surface area contributed by atoms with Crippen LogP contribution in [0.25, 0.3) is 0 Å². The summed E-state index contributed by atoms with van der Waals surface area (Å²) in [6.45, 7) is 1.51. The Morgan fingerprint density at radius 1 is 1.44 bits per heavy atom. The molecule has 0 heterocycles. The highest BCUT2D eigenvalue weighted by molar-refractivity contribution is 9.10. The first-order chi connectivity index (χ1) is 8.24. The highest BCUT2D eigenvalue weighted by Gasteiger charge is 2.18. The molecule has 1 aromatic rings. The second-order valence-electron chi connectivity index (χ2n) is 4.21. The fourth-order valence-corrected chi connectivity index (χ4v) is 3.39. The predicted octanol–water partition coefficient (Wildman–Crippen LogP) is 1.17. The fourth-order valence-electron chi connectivity index (χ4n) is 1.28. The molecule has 1 rings (SSSR count). The van der Waals surface area contributed by atoms with Gasteiger partial charge in [0.05, 0.1) is 11.0 Å². The number of halogens is 1. The van der Waals surface area contributed by atoms with E-state index in [1.165, 1.54) is 6.92 Å². The van der Waals surface area contributed by atoms with Crippen LogP contribution in [0, 0.1) is 0 Å². The van der Waals surface area contributed by atoms with Crippen LogP contribution in [0.5, 0.6) is 0 Å². The largest absolute Gasteiger partial charge is 0.392 e. The van der Waals surface area contributed by atoms with E-state index in [1.54, 1.807) is 12.1 Å². The van der Waals surface area contributed by atoms with Crippen molar-refractivity contribution in [2.45, 2.75) is 17.9 Å². The Kier molecular flexibility index (Phi) is 5.15. The van der Waals surface area contributed by atoms with Crippen molar-refractivity contribution in [3.8, 4) is 0 Å². The zero-order chi connectivity index (χ0) is 13.9. The number of nitrogens with zero attached hydrogens (tertiary/aromatic N) is 1. The maximum Gasteiger partial charge on any atom is 0.241 e. The molecule has 5 nitrogen and oxygen atoms in total. The number of aliphatic hydroxyl groups is 1. The van der Waals surface area contributed by atoms with Gasteiger partial charge in [0.15, 0.2) is 0 Å². The first kappa shape index (κ1) is 15.4. The Bertz CT molecular complexity index is 515. The van der Waals surface area contributed by atoms with Crippen molar-refractivity contribution in [3.63, 3.8) is 0 Å². The van der Waals surface area contributed by atoms with Crippen molar-refractivity contribution in [1.82, 2.24) is 4.72 Å². The smallest absolute Gasteiger partial charge is 0.241 e. The van der Waals surface area contributed by atoms with Crippen molar-refractivity contribution in [1.29, 1.82) is 0 Å².